The average Bonchev–Trinajstić information content (AvgIpc) is 3.54. The molecule has 0 saturated carbocycles. The smallest absolute Gasteiger partial charge is 0.270 e. The van der Waals surface area contributed by atoms with Gasteiger partial charge in [0.05, 0.1) is 16.7 Å². The summed E-state index contributed by atoms with van der Waals surface area (Å²) in [6.45, 7) is 4.29. The lowest BCUT2D eigenvalue weighted by atomic mass is 10.0. The van der Waals surface area contributed by atoms with Gasteiger partial charge in [-0.1, -0.05) is 30.3 Å². The molecule has 0 aliphatic carbocycles. The Morgan fingerprint density at radius 1 is 1.13 bits per heavy atom. The zero-order chi connectivity index (χ0) is 27.5. The number of benzene rings is 2. The summed E-state index contributed by atoms with van der Waals surface area (Å²) in [7, 11) is 0. The standard InChI is InChI=1S/C29H27N5O4S/c1-18-9-10-19(2)23(16-18)31-26(35)13-15-33-28(27(32-29(33)39)22-8-3-4-14-30-22)25-12-11-24(38-25)20-6-5-7-21(17-20)34(36)37/h3-12,14,16-17,27-28H,13,15H2,1-2H3,(H,31,35)(H,32,39). The number of aromatic nitrogens is 1. The van der Waals surface area contributed by atoms with E-state index in [9.17, 15) is 14.9 Å². The van der Waals surface area contributed by atoms with E-state index >= 15 is 0 Å². The highest BCUT2D eigenvalue weighted by Crippen LogP contribution is 2.40. The Balaban J connectivity index is 1.41. The highest BCUT2D eigenvalue weighted by Gasteiger charge is 2.41. The summed E-state index contributed by atoms with van der Waals surface area (Å²) in [6, 6.07) is 20.8. The van der Waals surface area contributed by atoms with Gasteiger partial charge in [0.2, 0.25) is 5.91 Å². The van der Waals surface area contributed by atoms with E-state index in [1.165, 1.54) is 12.1 Å². The normalized spacial score (nSPS) is 16.7. The molecule has 198 valence electrons. The van der Waals surface area contributed by atoms with Gasteiger partial charge in [0.25, 0.3) is 5.69 Å². The number of thiocarbonyl (C=S) groups is 1. The monoisotopic (exact) mass is 541 g/mol. The second-order valence-corrected chi connectivity index (χ2v) is 9.83. The third-order valence-electron chi connectivity index (χ3n) is 6.70. The van der Waals surface area contributed by atoms with Gasteiger partial charge in [0.1, 0.15) is 17.6 Å². The van der Waals surface area contributed by atoms with Crippen molar-refractivity contribution in [1.82, 2.24) is 15.2 Å². The van der Waals surface area contributed by atoms with Crippen LogP contribution in [0.2, 0.25) is 0 Å². The number of nitro groups is 1. The molecule has 2 N–H and O–H groups in total. The van der Waals surface area contributed by atoms with Gasteiger partial charge in [-0.05, 0) is 67.5 Å². The molecule has 1 aliphatic rings. The Kier molecular flexibility index (Phi) is 7.38. The van der Waals surface area contributed by atoms with Crippen LogP contribution >= 0.6 is 12.2 Å². The number of amides is 1. The number of carbonyl (C=O) groups excluding carboxylic acids is 1. The van der Waals surface area contributed by atoms with E-state index in [0.29, 0.717) is 28.7 Å². The topological polar surface area (TPSA) is 114 Å². The summed E-state index contributed by atoms with van der Waals surface area (Å²) < 4.78 is 6.26. The first kappa shape index (κ1) is 26.1. The van der Waals surface area contributed by atoms with Crippen molar-refractivity contribution in [3.05, 3.63) is 112 Å². The van der Waals surface area contributed by atoms with Crippen molar-refractivity contribution in [1.29, 1.82) is 0 Å². The molecule has 2 atom stereocenters. The van der Waals surface area contributed by atoms with Crippen molar-refractivity contribution in [2.75, 3.05) is 11.9 Å². The van der Waals surface area contributed by atoms with Gasteiger partial charge >= 0.3 is 0 Å². The van der Waals surface area contributed by atoms with Gasteiger partial charge in [-0.15, -0.1) is 0 Å². The number of carbonyl (C=O) groups is 1. The Morgan fingerprint density at radius 2 is 1.97 bits per heavy atom. The first-order valence-corrected chi connectivity index (χ1v) is 12.9. The van der Waals surface area contributed by atoms with Crippen molar-refractivity contribution in [3.8, 4) is 11.3 Å². The maximum atomic E-state index is 12.9. The number of anilines is 1. The summed E-state index contributed by atoms with van der Waals surface area (Å²) in [4.78, 5) is 30.2. The van der Waals surface area contributed by atoms with Gasteiger partial charge in [-0.25, -0.2) is 0 Å². The van der Waals surface area contributed by atoms with Gasteiger partial charge < -0.3 is 20.0 Å². The number of aryl methyl sites for hydroxylation is 2. The molecular weight excluding hydrogens is 514 g/mol. The van der Waals surface area contributed by atoms with E-state index in [0.717, 1.165) is 22.5 Å². The molecular formula is C29H27N5O4S. The molecule has 1 aliphatic heterocycles. The summed E-state index contributed by atoms with van der Waals surface area (Å²) in [6.07, 6.45) is 1.92. The quantitative estimate of drug-likeness (QED) is 0.162. The van der Waals surface area contributed by atoms with Crippen LogP contribution in [-0.4, -0.2) is 32.4 Å². The average molecular weight is 542 g/mol. The number of nitrogens with zero attached hydrogens (tertiary/aromatic N) is 3. The molecule has 1 saturated heterocycles. The zero-order valence-electron chi connectivity index (χ0n) is 21.5. The van der Waals surface area contributed by atoms with E-state index in [2.05, 4.69) is 15.6 Å². The Hall–Kier alpha value is -4.57. The summed E-state index contributed by atoms with van der Waals surface area (Å²) in [5.74, 6) is 0.983. The Labute approximate surface area is 231 Å². The van der Waals surface area contributed by atoms with Crippen LogP contribution in [0, 0.1) is 24.0 Å². The molecule has 39 heavy (non-hydrogen) atoms. The molecule has 9 nitrogen and oxygen atoms in total. The predicted octanol–water partition coefficient (Wildman–Crippen LogP) is 5.87. The SMILES string of the molecule is Cc1ccc(C)c(NC(=O)CCN2C(=S)NC(c3ccccn3)C2c2ccc(-c3cccc([N+](=O)[O-])c3)o2)c1. The predicted molar refractivity (Wildman–Crippen MR) is 152 cm³/mol. The van der Waals surface area contributed by atoms with E-state index in [4.69, 9.17) is 16.6 Å². The van der Waals surface area contributed by atoms with Crippen molar-refractivity contribution in [3.63, 3.8) is 0 Å². The number of non-ortho nitro benzene ring substituents is 1. The van der Waals surface area contributed by atoms with Crippen molar-refractivity contribution < 1.29 is 14.1 Å². The van der Waals surface area contributed by atoms with Gasteiger partial charge in [-0.2, -0.15) is 0 Å². The lowest BCUT2D eigenvalue weighted by Gasteiger charge is -2.26. The second kappa shape index (κ2) is 11.0. The minimum atomic E-state index is -0.436. The highest BCUT2D eigenvalue weighted by molar-refractivity contribution is 7.80. The minimum Gasteiger partial charge on any atom is -0.459 e. The number of rotatable bonds is 8. The van der Waals surface area contributed by atoms with Crippen LogP contribution in [0.15, 0.2) is 83.4 Å². The van der Waals surface area contributed by atoms with E-state index in [-0.39, 0.29) is 30.1 Å². The Bertz CT molecular complexity index is 1540. The fourth-order valence-corrected chi connectivity index (χ4v) is 5.03. The number of hydrogen-bond donors (Lipinski definition) is 2. The Morgan fingerprint density at radius 3 is 2.74 bits per heavy atom. The molecule has 4 aromatic rings. The van der Waals surface area contributed by atoms with E-state index in [1.54, 1.807) is 24.4 Å². The summed E-state index contributed by atoms with van der Waals surface area (Å²) >= 11 is 5.70. The van der Waals surface area contributed by atoms with Crippen molar-refractivity contribution >= 4 is 34.6 Å². The highest BCUT2D eigenvalue weighted by atomic mass is 32.1. The lowest BCUT2D eigenvalue weighted by molar-refractivity contribution is -0.384. The van der Waals surface area contributed by atoms with E-state index < -0.39 is 4.92 Å². The second-order valence-electron chi connectivity index (χ2n) is 9.45. The van der Waals surface area contributed by atoms with Crippen LogP contribution < -0.4 is 10.6 Å². The van der Waals surface area contributed by atoms with Crippen LogP contribution in [0.3, 0.4) is 0 Å². The molecule has 0 radical (unpaired) electrons. The molecule has 10 heteroatoms. The molecule has 2 aromatic heterocycles. The maximum absolute atomic E-state index is 12.9. The molecule has 0 bridgehead atoms. The van der Waals surface area contributed by atoms with Crippen LogP contribution in [0.25, 0.3) is 11.3 Å². The molecule has 5 rings (SSSR count). The molecule has 2 unspecified atom stereocenters. The van der Waals surface area contributed by atoms with Crippen LogP contribution in [0.4, 0.5) is 11.4 Å². The number of furan rings is 1. The first-order valence-electron chi connectivity index (χ1n) is 12.5. The summed E-state index contributed by atoms with van der Waals surface area (Å²) in [5, 5.41) is 18.1. The van der Waals surface area contributed by atoms with Crippen LogP contribution in [-0.2, 0) is 4.79 Å². The lowest BCUT2D eigenvalue weighted by Crippen LogP contribution is -2.32. The van der Waals surface area contributed by atoms with Gasteiger partial charge in [0.15, 0.2) is 5.11 Å². The zero-order valence-corrected chi connectivity index (χ0v) is 22.3. The number of hydrogen-bond acceptors (Lipinski definition) is 6. The number of nitro benzene ring substituents is 1. The van der Waals surface area contributed by atoms with Gasteiger partial charge in [0, 0.05) is 42.5 Å². The van der Waals surface area contributed by atoms with Gasteiger partial charge in [-0.3, -0.25) is 19.9 Å². The fraction of sp³-hybridized carbons (Fsp3) is 0.207. The largest absolute Gasteiger partial charge is 0.459 e. The third-order valence-corrected chi connectivity index (χ3v) is 7.06. The first-order chi connectivity index (χ1) is 18.8. The van der Waals surface area contributed by atoms with Crippen molar-refractivity contribution in [2.45, 2.75) is 32.4 Å². The number of pyridine rings is 1. The minimum absolute atomic E-state index is 0.0167. The van der Waals surface area contributed by atoms with Crippen LogP contribution in [0.1, 0.15) is 41.1 Å². The van der Waals surface area contributed by atoms with Crippen LogP contribution in [0.5, 0.6) is 0 Å². The van der Waals surface area contributed by atoms with E-state index in [1.807, 2.05) is 61.2 Å². The number of nitrogens with one attached hydrogen (secondary N) is 2. The molecule has 2 aromatic carbocycles. The summed E-state index contributed by atoms with van der Waals surface area (Å²) in [5.41, 5.74) is 4.20. The molecule has 3 heterocycles. The maximum Gasteiger partial charge on any atom is 0.270 e. The molecule has 1 amide bonds. The molecule has 0 spiro atoms. The molecule has 1 fully saturated rings. The fourth-order valence-electron chi connectivity index (χ4n) is 4.70. The van der Waals surface area contributed by atoms with Crippen molar-refractivity contribution in [2.24, 2.45) is 0 Å². The third kappa shape index (κ3) is 5.65.